The average Bonchev–Trinajstić information content (AvgIpc) is 3.25. The van der Waals surface area contributed by atoms with Crippen LogP contribution in [-0.2, 0) is 14.8 Å². The van der Waals surface area contributed by atoms with Crippen molar-refractivity contribution in [2.75, 3.05) is 0 Å². The van der Waals surface area contributed by atoms with E-state index in [1.807, 2.05) is 0 Å². The van der Waals surface area contributed by atoms with Gasteiger partial charge >= 0.3 is 5.97 Å². The molecule has 1 aliphatic carbocycles. The molecule has 9 heteroatoms. The Kier molecular flexibility index (Phi) is 4.07. The van der Waals surface area contributed by atoms with Crippen molar-refractivity contribution in [3.8, 4) is 0 Å². The molecule has 1 aliphatic rings. The van der Waals surface area contributed by atoms with Crippen LogP contribution in [0.15, 0.2) is 21.7 Å². The number of carboxylic acids is 1. The summed E-state index contributed by atoms with van der Waals surface area (Å²) in [7, 11) is -3.98. The van der Waals surface area contributed by atoms with Gasteiger partial charge < -0.3 is 9.63 Å². The minimum Gasteiger partial charge on any atom is -0.480 e. The number of nitrogens with one attached hydrogen (secondary N) is 1. The second kappa shape index (κ2) is 5.89. The van der Waals surface area contributed by atoms with Gasteiger partial charge in [-0.15, -0.1) is 0 Å². The van der Waals surface area contributed by atoms with Crippen molar-refractivity contribution in [3.63, 3.8) is 0 Å². The third-order valence-electron chi connectivity index (χ3n) is 3.78. The fraction of sp³-hybridized carbons (Fsp3) is 0.500. The number of sulfonamides is 1. The van der Waals surface area contributed by atoms with Crippen LogP contribution in [-0.4, -0.2) is 35.7 Å². The van der Waals surface area contributed by atoms with E-state index in [0.717, 1.165) is 19.0 Å². The quantitative estimate of drug-likeness (QED) is 0.786. The number of hydrogen-bond acceptors (Lipinski definition) is 6. The summed E-state index contributed by atoms with van der Waals surface area (Å²) in [6, 6.07) is 0.283. The number of carbonyl (C=O) groups is 1. The molecular formula is C14H17N3O5S. The molecule has 1 unspecified atom stereocenters. The van der Waals surface area contributed by atoms with Crippen LogP contribution in [0.4, 0.5) is 0 Å². The Morgan fingerprint density at radius 3 is 2.87 bits per heavy atom. The van der Waals surface area contributed by atoms with Gasteiger partial charge in [-0.2, -0.15) is 4.72 Å². The van der Waals surface area contributed by atoms with Crippen LogP contribution in [0.25, 0.3) is 11.1 Å². The van der Waals surface area contributed by atoms with Crippen LogP contribution in [0, 0.1) is 0 Å². The van der Waals surface area contributed by atoms with Gasteiger partial charge in [-0.05, 0) is 25.3 Å². The lowest BCUT2D eigenvalue weighted by Crippen LogP contribution is -2.40. The number of carboxylic acid groups (broad SMARTS) is 1. The van der Waals surface area contributed by atoms with Crippen molar-refractivity contribution in [3.05, 3.63) is 18.0 Å². The molecule has 3 rings (SSSR count). The highest BCUT2D eigenvalue weighted by atomic mass is 32.2. The number of aliphatic carboxylic acids is 1. The van der Waals surface area contributed by atoms with E-state index in [2.05, 4.69) is 14.9 Å². The van der Waals surface area contributed by atoms with Gasteiger partial charge in [-0.25, -0.2) is 13.4 Å². The van der Waals surface area contributed by atoms with E-state index >= 15 is 0 Å². The lowest BCUT2D eigenvalue weighted by Gasteiger charge is -2.13. The Morgan fingerprint density at radius 2 is 2.26 bits per heavy atom. The number of aromatic nitrogens is 2. The molecular weight excluding hydrogens is 322 g/mol. The van der Waals surface area contributed by atoms with Crippen LogP contribution in [0.1, 0.15) is 44.2 Å². The number of pyridine rings is 1. The highest BCUT2D eigenvalue weighted by molar-refractivity contribution is 7.89. The summed E-state index contributed by atoms with van der Waals surface area (Å²) >= 11 is 0. The van der Waals surface area contributed by atoms with Gasteiger partial charge in [-0.1, -0.05) is 18.5 Å². The van der Waals surface area contributed by atoms with Crippen molar-refractivity contribution >= 4 is 27.1 Å². The van der Waals surface area contributed by atoms with Crippen LogP contribution in [0.2, 0.25) is 0 Å². The predicted molar refractivity (Wildman–Crippen MR) is 80.4 cm³/mol. The molecule has 1 fully saturated rings. The Labute approximate surface area is 132 Å². The monoisotopic (exact) mass is 339 g/mol. The minimum atomic E-state index is -3.98. The predicted octanol–water partition coefficient (Wildman–Crippen LogP) is 1.63. The standard InChI is InChI=1S/C14H17N3O5S/c1-2-3-11(14(18)19)17-23(20,21)9-6-10-12(8-4-5-8)16-22-13(10)15-7-9/h6-8,11,17H,2-5H2,1H3,(H,18,19). The fourth-order valence-corrected chi connectivity index (χ4v) is 3.60. The van der Waals surface area contributed by atoms with Gasteiger partial charge in [0.25, 0.3) is 5.71 Å². The van der Waals surface area contributed by atoms with E-state index in [9.17, 15) is 13.2 Å². The van der Waals surface area contributed by atoms with Crippen molar-refractivity contribution in [1.82, 2.24) is 14.9 Å². The number of fused-ring (bicyclic) bond motifs is 1. The zero-order valence-corrected chi connectivity index (χ0v) is 13.3. The fourth-order valence-electron chi connectivity index (χ4n) is 2.41. The van der Waals surface area contributed by atoms with E-state index in [-0.39, 0.29) is 22.9 Å². The lowest BCUT2D eigenvalue weighted by atomic mass is 10.2. The third-order valence-corrected chi connectivity index (χ3v) is 5.22. The van der Waals surface area contributed by atoms with E-state index < -0.39 is 22.0 Å². The van der Waals surface area contributed by atoms with Crippen molar-refractivity contribution in [2.24, 2.45) is 0 Å². The Bertz CT molecular complexity index is 841. The van der Waals surface area contributed by atoms with E-state index in [0.29, 0.717) is 17.5 Å². The van der Waals surface area contributed by atoms with Gasteiger partial charge in [0.2, 0.25) is 10.0 Å². The second-order valence-electron chi connectivity index (χ2n) is 5.67. The summed E-state index contributed by atoms with van der Waals surface area (Å²) in [4.78, 5) is 15.0. The summed E-state index contributed by atoms with van der Waals surface area (Å²) in [5.41, 5.74) is 1.00. The first-order valence-corrected chi connectivity index (χ1v) is 8.91. The molecule has 0 amide bonds. The first-order chi connectivity index (χ1) is 10.9. The van der Waals surface area contributed by atoms with Gasteiger partial charge in [0.05, 0.1) is 17.3 Å². The number of nitrogens with zero attached hydrogens (tertiary/aromatic N) is 2. The molecule has 0 bridgehead atoms. The molecule has 0 aromatic carbocycles. The van der Waals surface area contributed by atoms with Gasteiger partial charge in [0.1, 0.15) is 10.9 Å². The second-order valence-corrected chi connectivity index (χ2v) is 7.38. The molecule has 1 atom stereocenters. The Balaban J connectivity index is 1.94. The summed E-state index contributed by atoms with van der Waals surface area (Å²) in [5.74, 6) is -0.913. The molecule has 2 N–H and O–H groups in total. The molecule has 0 saturated heterocycles. The van der Waals surface area contributed by atoms with E-state index in [1.54, 1.807) is 6.92 Å². The SMILES string of the molecule is CCCC(NS(=O)(=O)c1cnc2onc(C3CC3)c2c1)C(=O)O. The zero-order chi connectivity index (χ0) is 16.6. The maximum Gasteiger partial charge on any atom is 0.321 e. The zero-order valence-electron chi connectivity index (χ0n) is 12.5. The van der Waals surface area contributed by atoms with Crippen LogP contribution in [0.3, 0.4) is 0 Å². The molecule has 2 aromatic rings. The number of hydrogen-bond donors (Lipinski definition) is 2. The van der Waals surface area contributed by atoms with Crippen LogP contribution < -0.4 is 4.72 Å². The summed E-state index contributed by atoms with van der Waals surface area (Å²) in [6.45, 7) is 1.79. The highest BCUT2D eigenvalue weighted by Crippen LogP contribution is 2.42. The van der Waals surface area contributed by atoms with E-state index in [1.165, 1.54) is 6.07 Å². The van der Waals surface area contributed by atoms with Crippen molar-refractivity contribution in [1.29, 1.82) is 0 Å². The van der Waals surface area contributed by atoms with E-state index in [4.69, 9.17) is 9.63 Å². The van der Waals surface area contributed by atoms with Crippen molar-refractivity contribution < 1.29 is 22.8 Å². The highest BCUT2D eigenvalue weighted by Gasteiger charge is 2.31. The maximum atomic E-state index is 12.4. The normalized spacial score (nSPS) is 16.6. The topological polar surface area (TPSA) is 122 Å². The number of rotatable bonds is 7. The third kappa shape index (κ3) is 3.20. The maximum absolute atomic E-state index is 12.4. The molecule has 2 heterocycles. The first kappa shape index (κ1) is 15.9. The molecule has 124 valence electrons. The molecule has 0 aliphatic heterocycles. The molecule has 0 spiro atoms. The molecule has 23 heavy (non-hydrogen) atoms. The van der Waals surface area contributed by atoms with Gasteiger partial charge in [0, 0.05) is 5.92 Å². The summed E-state index contributed by atoms with van der Waals surface area (Å²) in [5, 5.41) is 13.6. The molecule has 2 aromatic heterocycles. The summed E-state index contributed by atoms with van der Waals surface area (Å²) < 4.78 is 32.2. The smallest absolute Gasteiger partial charge is 0.321 e. The molecule has 1 saturated carbocycles. The Hall–Kier alpha value is -2.00. The van der Waals surface area contributed by atoms with Crippen molar-refractivity contribution in [2.45, 2.75) is 49.5 Å². The largest absolute Gasteiger partial charge is 0.480 e. The average molecular weight is 339 g/mol. The van der Waals surface area contributed by atoms with Crippen LogP contribution >= 0.6 is 0 Å². The first-order valence-electron chi connectivity index (χ1n) is 7.43. The Morgan fingerprint density at radius 1 is 1.52 bits per heavy atom. The minimum absolute atomic E-state index is 0.0857. The molecule has 8 nitrogen and oxygen atoms in total. The summed E-state index contributed by atoms with van der Waals surface area (Å²) in [6.07, 6.45) is 3.90. The molecule has 0 radical (unpaired) electrons. The van der Waals surface area contributed by atoms with Gasteiger partial charge in [0.15, 0.2) is 0 Å². The van der Waals surface area contributed by atoms with Gasteiger partial charge in [-0.3, -0.25) is 4.79 Å². The van der Waals surface area contributed by atoms with Crippen LogP contribution in [0.5, 0.6) is 0 Å². The lowest BCUT2D eigenvalue weighted by molar-refractivity contribution is -0.139.